The Kier molecular flexibility index (Phi) is 4.85. The predicted octanol–water partition coefficient (Wildman–Crippen LogP) is 1.31. The molecule has 7 heteroatoms. The van der Waals surface area contributed by atoms with Gasteiger partial charge >= 0.3 is 0 Å². The van der Waals surface area contributed by atoms with Gasteiger partial charge in [-0.25, -0.2) is 8.78 Å². The Labute approximate surface area is 125 Å². The van der Waals surface area contributed by atoms with E-state index in [0.29, 0.717) is 25.3 Å². The van der Waals surface area contributed by atoms with Crippen LogP contribution < -0.4 is 11.1 Å². The molecule has 1 saturated carbocycles. The van der Waals surface area contributed by atoms with Crippen LogP contribution in [-0.4, -0.2) is 23.6 Å². The number of hydrogen-bond donors (Lipinski definition) is 2. The summed E-state index contributed by atoms with van der Waals surface area (Å²) in [7, 11) is 0. The number of nitrogens with two attached hydrogens (primary N) is 1. The average molecular weight is 310 g/mol. The van der Waals surface area contributed by atoms with Crippen molar-refractivity contribution in [3.05, 3.63) is 35.4 Å². The zero-order chi connectivity index (χ0) is 16.3. The Morgan fingerprint density at radius 1 is 1.32 bits per heavy atom. The van der Waals surface area contributed by atoms with E-state index in [1.807, 2.05) is 0 Å². The summed E-state index contributed by atoms with van der Waals surface area (Å²) in [6.07, 6.45) is 1.79. The molecule has 0 heterocycles. The van der Waals surface area contributed by atoms with Crippen molar-refractivity contribution in [2.24, 2.45) is 11.7 Å². The lowest BCUT2D eigenvalue weighted by atomic mass is 9.82. The highest BCUT2D eigenvalue weighted by Gasteiger charge is 2.32. The number of primary amides is 1. The van der Waals surface area contributed by atoms with Crippen LogP contribution in [0.15, 0.2) is 18.2 Å². The molecule has 0 bridgehead atoms. The van der Waals surface area contributed by atoms with Gasteiger partial charge in [0.1, 0.15) is 23.5 Å². The quantitative estimate of drug-likeness (QED) is 0.878. The summed E-state index contributed by atoms with van der Waals surface area (Å²) in [5.74, 6) is -3.87. The second-order valence-corrected chi connectivity index (χ2v) is 5.37. The van der Waals surface area contributed by atoms with Crippen molar-refractivity contribution in [2.45, 2.75) is 31.7 Å². The van der Waals surface area contributed by atoms with Crippen molar-refractivity contribution in [1.82, 2.24) is 5.32 Å². The van der Waals surface area contributed by atoms with Crippen LogP contribution in [0.2, 0.25) is 0 Å². The monoisotopic (exact) mass is 310 g/mol. The van der Waals surface area contributed by atoms with E-state index in [0.717, 1.165) is 12.1 Å². The van der Waals surface area contributed by atoms with Gasteiger partial charge in [0.25, 0.3) is 5.91 Å². The fourth-order valence-corrected chi connectivity index (χ4v) is 2.66. The number of benzene rings is 1. The molecule has 0 unspecified atom stereocenters. The summed E-state index contributed by atoms with van der Waals surface area (Å²) in [5, 5.41) is 2.36. The molecule has 2 atom stereocenters. The number of Topliss-reactive ketones (excluding diaryl/α,β-unsaturated/α-hetero) is 1. The molecule has 22 heavy (non-hydrogen) atoms. The molecule has 1 aliphatic carbocycles. The van der Waals surface area contributed by atoms with Gasteiger partial charge in [-0.2, -0.15) is 0 Å². The highest BCUT2D eigenvalue weighted by molar-refractivity contribution is 5.97. The minimum atomic E-state index is -1.05. The van der Waals surface area contributed by atoms with Gasteiger partial charge in [-0.05, 0) is 30.9 Å². The van der Waals surface area contributed by atoms with Gasteiger partial charge in [0.05, 0.1) is 5.56 Å². The highest BCUT2D eigenvalue weighted by Crippen LogP contribution is 2.24. The molecular weight excluding hydrogens is 294 g/mol. The van der Waals surface area contributed by atoms with Crippen LogP contribution in [0, 0.1) is 17.6 Å². The fraction of sp³-hybridized carbons (Fsp3) is 0.400. The third-order valence-electron chi connectivity index (χ3n) is 3.76. The van der Waals surface area contributed by atoms with E-state index in [1.165, 1.54) is 0 Å². The molecule has 3 N–H and O–H groups in total. The first-order valence-electron chi connectivity index (χ1n) is 6.95. The van der Waals surface area contributed by atoms with Crippen LogP contribution in [0.25, 0.3) is 0 Å². The molecule has 1 fully saturated rings. The summed E-state index contributed by atoms with van der Waals surface area (Å²) in [6, 6.07) is 1.46. The van der Waals surface area contributed by atoms with Gasteiger partial charge in [-0.3, -0.25) is 14.4 Å². The Hall–Kier alpha value is -2.31. The van der Waals surface area contributed by atoms with Gasteiger partial charge in [-0.1, -0.05) is 0 Å². The van der Waals surface area contributed by atoms with E-state index >= 15 is 0 Å². The first-order chi connectivity index (χ1) is 10.4. The lowest BCUT2D eigenvalue weighted by Gasteiger charge is -2.28. The zero-order valence-electron chi connectivity index (χ0n) is 11.8. The molecule has 0 aromatic heterocycles. The van der Waals surface area contributed by atoms with Crippen LogP contribution in [0.5, 0.6) is 0 Å². The van der Waals surface area contributed by atoms with Crippen molar-refractivity contribution in [3.63, 3.8) is 0 Å². The second-order valence-electron chi connectivity index (χ2n) is 5.37. The van der Waals surface area contributed by atoms with Gasteiger partial charge in [0.15, 0.2) is 0 Å². The molecule has 2 amide bonds. The standard InChI is InChI=1S/C15H16F2N2O3/c16-9-4-5-11(12(17)7-9)15(22)19-13(14(18)21)8-2-1-3-10(20)6-8/h4-5,7-8,13H,1-3,6H2,(H2,18,21)(H,19,22)/t8-,13-/m0/s1. The fourth-order valence-electron chi connectivity index (χ4n) is 2.66. The van der Waals surface area contributed by atoms with Crippen LogP contribution in [0.4, 0.5) is 8.78 Å². The van der Waals surface area contributed by atoms with Gasteiger partial charge in [0.2, 0.25) is 5.91 Å². The molecule has 0 aliphatic heterocycles. The van der Waals surface area contributed by atoms with E-state index in [1.54, 1.807) is 0 Å². The van der Waals surface area contributed by atoms with Crippen LogP contribution in [-0.2, 0) is 9.59 Å². The number of rotatable bonds is 4. The molecule has 1 aromatic rings. The topological polar surface area (TPSA) is 89.3 Å². The number of ketones is 1. The average Bonchev–Trinajstić information content (AvgIpc) is 2.44. The molecule has 0 radical (unpaired) electrons. The van der Waals surface area contributed by atoms with E-state index < -0.39 is 35.4 Å². The molecule has 0 saturated heterocycles. The molecule has 0 spiro atoms. The summed E-state index contributed by atoms with van der Waals surface area (Å²) in [5.41, 5.74) is 4.90. The Bertz CT molecular complexity index is 619. The maximum atomic E-state index is 13.6. The lowest BCUT2D eigenvalue weighted by Crippen LogP contribution is -2.50. The summed E-state index contributed by atoms with van der Waals surface area (Å²) in [4.78, 5) is 35.1. The lowest BCUT2D eigenvalue weighted by molar-refractivity contribution is -0.124. The van der Waals surface area contributed by atoms with Crippen molar-refractivity contribution < 1.29 is 23.2 Å². The third kappa shape index (κ3) is 3.66. The molecule has 2 rings (SSSR count). The first kappa shape index (κ1) is 16.1. The number of carbonyl (C=O) groups is 3. The summed E-state index contributed by atoms with van der Waals surface area (Å²) >= 11 is 0. The SMILES string of the molecule is NC(=O)[C@@H](NC(=O)c1ccc(F)cc1F)[C@H]1CCCC(=O)C1. The first-order valence-corrected chi connectivity index (χ1v) is 6.95. The minimum absolute atomic E-state index is 0.00436. The minimum Gasteiger partial charge on any atom is -0.368 e. The zero-order valence-corrected chi connectivity index (χ0v) is 11.8. The summed E-state index contributed by atoms with van der Waals surface area (Å²) < 4.78 is 26.4. The number of halogens is 2. The maximum Gasteiger partial charge on any atom is 0.254 e. The van der Waals surface area contributed by atoms with Crippen molar-refractivity contribution in [1.29, 1.82) is 0 Å². The number of hydrogen-bond acceptors (Lipinski definition) is 3. The van der Waals surface area contributed by atoms with Crippen molar-refractivity contribution >= 4 is 17.6 Å². The highest BCUT2D eigenvalue weighted by atomic mass is 19.1. The second kappa shape index (κ2) is 6.64. The molecule has 1 aromatic carbocycles. The number of amides is 2. The van der Waals surface area contributed by atoms with Crippen LogP contribution >= 0.6 is 0 Å². The van der Waals surface area contributed by atoms with Crippen LogP contribution in [0.1, 0.15) is 36.0 Å². The normalized spacial score (nSPS) is 19.5. The number of carbonyl (C=O) groups excluding carboxylic acids is 3. The van der Waals surface area contributed by atoms with Gasteiger partial charge < -0.3 is 11.1 Å². The van der Waals surface area contributed by atoms with Crippen molar-refractivity contribution in [3.8, 4) is 0 Å². The molecule has 118 valence electrons. The maximum absolute atomic E-state index is 13.6. The Balaban J connectivity index is 2.15. The van der Waals surface area contributed by atoms with E-state index in [9.17, 15) is 23.2 Å². The van der Waals surface area contributed by atoms with E-state index in [4.69, 9.17) is 5.73 Å². The van der Waals surface area contributed by atoms with Gasteiger partial charge in [0, 0.05) is 18.9 Å². The molecular formula is C15H16F2N2O3. The van der Waals surface area contributed by atoms with Gasteiger partial charge in [-0.15, -0.1) is 0 Å². The number of nitrogens with one attached hydrogen (secondary N) is 1. The Morgan fingerprint density at radius 3 is 2.64 bits per heavy atom. The van der Waals surface area contributed by atoms with Crippen molar-refractivity contribution in [2.75, 3.05) is 0 Å². The Morgan fingerprint density at radius 2 is 2.05 bits per heavy atom. The van der Waals surface area contributed by atoms with E-state index in [2.05, 4.69) is 5.32 Å². The smallest absolute Gasteiger partial charge is 0.254 e. The molecule has 5 nitrogen and oxygen atoms in total. The largest absolute Gasteiger partial charge is 0.368 e. The van der Waals surface area contributed by atoms with Crippen LogP contribution in [0.3, 0.4) is 0 Å². The third-order valence-corrected chi connectivity index (χ3v) is 3.76. The predicted molar refractivity (Wildman–Crippen MR) is 73.8 cm³/mol. The molecule has 1 aliphatic rings. The summed E-state index contributed by atoms with van der Waals surface area (Å²) in [6.45, 7) is 0. The van der Waals surface area contributed by atoms with E-state index in [-0.39, 0.29) is 17.8 Å².